The van der Waals surface area contributed by atoms with Crippen LogP contribution in [0.1, 0.15) is 34.6 Å². The molecule has 0 saturated heterocycles. The minimum Gasteiger partial charge on any atom is -0.480 e. The van der Waals surface area contributed by atoms with Gasteiger partial charge in [0.1, 0.15) is 6.54 Å². The fourth-order valence-corrected chi connectivity index (χ4v) is 2.79. The summed E-state index contributed by atoms with van der Waals surface area (Å²) in [6, 6.07) is 0.648. The van der Waals surface area contributed by atoms with Crippen molar-refractivity contribution in [3.63, 3.8) is 0 Å². The van der Waals surface area contributed by atoms with Crippen molar-refractivity contribution >= 4 is 54.7 Å². The van der Waals surface area contributed by atoms with Crippen LogP contribution < -0.4 is 16.0 Å². The Balaban J connectivity index is -0.000000300. The van der Waals surface area contributed by atoms with Gasteiger partial charge in [0.05, 0.1) is 32.7 Å². The van der Waals surface area contributed by atoms with E-state index in [1.165, 1.54) is 47.8 Å². The van der Waals surface area contributed by atoms with Gasteiger partial charge in [0.2, 0.25) is 48.8 Å². The van der Waals surface area contributed by atoms with Crippen LogP contribution in [-0.2, 0) is 43.2 Å². The van der Waals surface area contributed by atoms with E-state index < -0.39 is 18.4 Å². The number of likely N-dealkylation sites (N-methyl/N-ethyl adjacent to an activating group) is 7. The molecule has 0 spiro atoms. The molecule has 0 fully saturated rings. The average Bonchev–Trinajstić information content (AvgIpc) is 3.03. The Bertz CT molecular complexity index is 1010. The normalized spacial score (nSPS) is 9.31. The molecule has 19 heteroatoms. The lowest BCUT2D eigenvalue weighted by Gasteiger charge is -2.22. The van der Waals surface area contributed by atoms with Crippen LogP contribution in [0.5, 0.6) is 0 Å². The van der Waals surface area contributed by atoms with Crippen LogP contribution in [0, 0.1) is 0 Å². The molecule has 0 heterocycles. The summed E-state index contributed by atoms with van der Waals surface area (Å²) >= 11 is 0. The van der Waals surface area contributed by atoms with Crippen molar-refractivity contribution in [2.75, 3.05) is 101 Å². The Morgan fingerprint density at radius 1 is 0.571 bits per heavy atom. The zero-order valence-corrected chi connectivity index (χ0v) is 31.0. The Morgan fingerprint density at radius 3 is 1.31 bits per heavy atom. The lowest BCUT2D eigenvalue weighted by atomic mass is 10.4. The highest BCUT2D eigenvalue weighted by molar-refractivity contribution is 5.89. The molecule has 284 valence electrons. The fraction of sp³-hybridized carbons (Fsp3) is 0.700. The highest BCUT2D eigenvalue weighted by atomic mass is 16.4. The maximum Gasteiger partial charge on any atom is 0.322 e. The molecule has 8 amide bonds. The van der Waals surface area contributed by atoms with Crippen molar-refractivity contribution in [1.82, 2.24) is 45.3 Å². The van der Waals surface area contributed by atoms with Crippen molar-refractivity contribution in [2.45, 2.75) is 40.7 Å². The van der Waals surface area contributed by atoms with Gasteiger partial charge in [-0.25, -0.2) is 0 Å². The van der Waals surface area contributed by atoms with E-state index in [1.54, 1.807) is 25.9 Å². The number of hydrogen-bond acceptors (Lipinski definition) is 10. The van der Waals surface area contributed by atoms with Crippen LogP contribution in [0.3, 0.4) is 0 Å². The van der Waals surface area contributed by atoms with Crippen molar-refractivity contribution in [1.29, 1.82) is 0 Å². The standard InChI is InChI=1S/C12H22N4O4.C7H14N2O2.C6H10N2O4.C5H13N/c1-5-13-10(18)6-15(3)12(20)8-16(4)11(19)7-14(2)9-17;1-4-9(3)7(11)5-8(2)6-10;1-8(4-9)3-5(10)7-2-6(11)12;1-4-6-5(2)3/h9H,5-8H2,1-4H3,(H,13,18);6H,4-5H2,1-3H3;4H,2-3H2,1H3,(H,7,10)(H,11,12);5-6H,4H2,1-3H3. The minimum absolute atomic E-state index is 0.0397. The molecule has 0 aliphatic heterocycles. The largest absolute Gasteiger partial charge is 0.480 e. The number of nitrogens with zero attached hydrogens (tertiary/aromatic N) is 6. The summed E-state index contributed by atoms with van der Waals surface area (Å²) in [5.41, 5.74) is 0. The fourth-order valence-electron chi connectivity index (χ4n) is 2.79. The monoisotopic (exact) mass is 705 g/mol. The van der Waals surface area contributed by atoms with E-state index >= 15 is 0 Å². The third-order valence-electron chi connectivity index (χ3n) is 5.63. The van der Waals surface area contributed by atoms with Gasteiger partial charge >= 0.3 is 5.97 Å². The summed E-state index contributed by atoms with van der Waals surface area (Å²) in [6.45, 7) is 11.6. The third-order valence-corrected chi connectivity index (χ3v) is 5.63. The summed E-state index contributed by atoms with van der Waals surface area (Å²) < 4.78 is 0. The Hall–Kier alpha value is -4.81. The molecular formula is C30H59N9O10. The van der Waals surface area contributed by atoms with Gasteiger partial charge in [0.25, 0.3) is 0 Å². The van der Waals surface area contributed by atoms with E-state index in [2.05, 4.69) is 36.7 Å². The highest BCUT2D eigenvalue weighted by Crippen LogP contribution is 1.92. The van der Waals surface area contributed by atoms with Crippen LogP contribution in [0.4, 0.5) is 0 Å². The Labute approximate surface area is 290 Å². The van der Waals surface area contributed by atoms with E-state index in [1.807, 2.05) is 6.92 Å². The van der Waals surface area contributed by atoms with Gasteiger partial charge in [-0.2, -0.15) is 0 Å². The lowest BCUT2D eigenvalue weighted by Crippen LogP contribution is -2.45. The number of nitrogens with one attached hydrogen (secondary N) is 3. The molecule has 0 aromatic carbocycles. The zero-order chi connectivity index (χ0) is 39.1. The molecule has 0 aromatic heterocycles. The molecule has 4 N–H and O–H groups in total. The molecule has 0 bridgehead atoms. The van der Waals surface area contributed by atoms with Crippen molar-refractivity contribution in [3.8, 4) is 0 Å². The lowest BCUT2D eigenvalue weighted by molar-refractivity contribution is -0.141. The van der Waals surface area contributed by atoms with Crippen LogP contribution in [0.2, 0.25) is 0 Å². The van der Waals surface area contributed by atoms with Gasteiger partial charge < -0.3 is 50.5 Å². The molecule has 19 nitrogen and oxygen atoms in total. The summed E-state index contributed by atoms with van der Waals surface area (Å²) in [4.78, 5) is 105. The summed E-state index contributed by atoms with van der Waals surface area (Å²) in [5, 5.41) is 16.1. The summed E-state index contributed by atoms with van der Waals surface area (Å²) in [6.07, 6.45) is 1.66. The number of carboxylic acid groups (broad SMARTS) is 1. The molecule has 0 unspecified atom stereocenters. The molecule has 0 aliphatic rings. The number of carbonyl (C=O) groups excluding carboxylic acids is 8. The minimum atomic E-state index is -1.11. The molecule has 0 saturated carbocycles. The van der Waals surface area contributed by atoms with Gasteiger partial charge in [-0.3, -0.25) is 43.2 Å². The van der Waals surface area contributed by atoms with Gasteiger partial charge in [-0.15, -0.1) is 0 Å². The predicted octanol–water partition coefficient (Wildman–Crippen LogP) is -3.04. The van der Waals surface area contributed by atoms with Gasteiger partial charge in [-0.1, -0.05) is 20.8 Å². The maximum atomic E-state index is 11.8. The van der Waals surface area contributed by atoms with Gasteiger partial charge in [-0.05, 0) is 20.4 Å². The van der Waals surface area contributed by atoms with E-state index in [-0.39, 0.29) is 56.4 Å². The van der Waals surface area contributed by atoms with Crippen LogP contribution in [-0.4, -0.2) is 196 Å². The molecule has 0 aliphatic carbocycles. The summed E-state index contributed by atoms with van der Waals surface area (Å²) in [5.74, 6) is -2.59. The molecule has 0 atom stereocenters. The Morgan fingerprint density at radius 2 is 0.959 bits per heavy atom. The first-order valence-electron chi connectivity index (χ1n) is 15.4. The smallest absolute Gasteiger partial charge is 0.322 e. The quantitative estimate of drug-likeness (QED) is 0.0988. The average molecular weight is 706 g/mol. The van der Waals surface area contributed by atoms with Crippen molar-refractivity contribution in [2.24, 2.45) is 0 Å². The molecule has 0 radical (unpaired) electrons. The zero-order valence-electron chi connectivity index (χ0n) is 31.0. The second-order valence-electron chi connectivity index (χ2n) is 10.8. The van der Waals surface area contributed by atoms with E-state index in [4.69, 9.17) is 5.11 Å². The first-order chi connectivity index (χ1) is 22.8. The van der Waals surface area contributed by atoms with Crippen LogP contribution in [0.25, 0.3) is 0 Å². The number of hydrogen-bond donors (Lipinski definition) is 4. The number of carbonyl (C=O) groups is 9. The van der Waals surface area contributed by atoms with Gasteiger partial charge in [0, 0.05) is 61.4 Å². The molecule has 0 aromatic rings. The maximum absolute atomic E-state index is 11.8. The van der Waals surface area contributed by atoms with E-state index in [0.29, 0.717) is 38.4 Å². The first-order valence-corrected chi connectivity index (χ1v) is 15.4. The topological polar surface area (TPSA) is 229 Å². The highest BCUT2D eigenvalue weighted by Gasteiger charge is 2.18. The SMILES string of the molecule is CCN(C)C(=O)CN(C)C=O.CCNC(=O)CN(C)C(=O)CN(C)C(=O)CN(C)C=O.CCNC(C)C.CN(C=O)CC(=O)NCC(=O)O. The molecular weight excluding hydrogens is 646 g/mol. The molecule has 0 rings (SSSR count). The van der Waals surface area contributed by atoms with E-state index in [9.17, 15) is 43.2 Å². The third kappa shape index (κ3) is 34.3. The molecule has 49 heavy (non-hydrogen) atoms. The summed E-state index contributed by atoms with van der Waals surface area (Å²) in [7, 11) is 9.15. The predicted molar refractivity (Wildman–Crippen MR) is 183 cm³/mol. The number of amides is 8. The first kappa shape index (κ1) is 51.0. The van der Waals surface area contributed by atoms with Crippen LogP contribution >= 0.6 is 0 Å². The van der Waals surface area contributed by atoms with Crippen LogP contribution in [0.15, 0.2) is 0 Å². The number of carboxylic acids is 1. The second-order valence-corrected chi connectivity index (χ2v) is 10.8. The van der Waals surface area contributed by atoms with Gasteiger partial charge in [0.15, 0.2) is 0 Å². The Kier molecular flexibility index (Phi) is 33.1. The number of rotatable bonds is 19. The second kappa shape index (κ2) is 31.8. The van der Waals surface area contributed by atoms with Crippen molar-refractivity contribution in [3.05, 3.63) is 0 Å². The number of aliphatic carboxylic acids is 1. The van der Waals surface area contributed by atoms with Crippen molar-refractivity contribution < 1.29 is 48.3 Å². The van der Waals surface area contributed by atoms with E-state index in [0.717, 1.165) is 11.4 Å².